The third-order valence-corrected chi connectivity index (χ3v) is 5.73. The fourth-order valence-electron chi connectivity index (χ4n) is 3.98. The average Bonchev–Trinajstić information content (AvgIpc) is 3.20. The zero-order chi connectivity index (χ0) is 19.7. The van der Waals surface area contributed by atoms with E-state index in [2.05, 4.69) is 5.32 Å². The maximum atomic E-state index is 13.1. The molecule has 150 valence electrons. The Morgan fingerprint density at radius 2 is 1.75 bits per heavy atom. The highest BCUT2D eigenvalue weighted by atomic mass is 16.7. The molecule has 4 rings (SSSR count). The molecule has 1 N–H and O–H groups in total. The van der Waals surface area contributed by atoms with E-state index in [0.717, 1.165) is 30.6 Å². The van der Waals surface area contributed by atoms with Crippen molar-refractivity contribution in [1.29, 1.82) is 0 Å². The van der Waals surface area contributed by atoms with Crippen molar-refractivity contribution >= 4 is 17.8 Å². The molecule has 0 aromatic heterocycles. The third kappa shape index (κ3) is 3.27. The number of benzene rings is 1. The number of rotatable bonds is 3. The number of amides is 4. The van der Waals surface area contributed by atoms with E-state index < -0.39 is 17.5 Å². The molecule has 1 aromatic rings. The smallest absolute Gasteiger partial charge is 0.325 e. The van der Waals surface area contributed by atoms with E-state index in [1.165, 1.54) is 6.42 Å². The molecule has 8 heteroatoms. The van der Waals surface area contributed by atoms with Crippen LogP contribution >= 0.6 is 0 Å². The predicted molar refractivity (Wildman–Crippen MR) is 99.8 cm³/mol. The highest BCUT2D eigenvalue weighted by molar-refractivity contribution is 6.09. The van der Waals surface area contributed by atoms with Crippen LogP contribution in [0.15, 0.2) is 18.2 Å². The molecular formula is C20H25N3O5. The first-order valence-corrected chi connectivity index (χ1v) is 9.81. The van der Waals surface area contributed by atoms with Crippen molar-refractivity contribution in [3.63, 3.8) is 0 Å². The summed E-state index contributed by atoms with van der Waals surface area (Å²) >= 11 is 0. The number of carbonyl (C=O) groups is 3. The minimum Gasteiger partial charge on any atom is -0.454 e. The number of ether oxygens (including phenoxy) is 2. The standard InChI is InChI=1S/C20H25N3O5/c1-20(14-7-8-15-16(11-14)28-13-27-15)18(25)23(19(26)21-20)12-17(24)22-9-5-3-2-4-6-10-22/h7-8,11H,2-6,9-10,12-13H2,1H3,(H,21,26)/t20-/m1/s1. The van der Waals surface area contributed by atoms with Crippen molar-refractivity contribution in [3.8, 4) is 11.5 Å². The summed E-state index contributed by atoms with van der Waals surface area (Å²) < 4.78 is 10.7. The van der Waals surface area contributed by atoms with Gasteiger partial charge in [-0.25, -0.2) is 4.79 Å². The van der Waals surface area contributed by atoms with Gasteiger partial charge >= 0.3 is 6.03 Å². The molecule has 8 nitrogen and oxygen atoms in total. The van der Waals surface area contributed by atoms with Crippen LogP contribution in [0.2, 0.25) is 0 Å². The van der Waals surface area contributed by atoms with Gasteiger partial charge in [0.25, 0.3) is 5.91 Å². The van der Waals surface area contributed by atoms with Gasteiger partial charge in [0.05, 0.1) is 0 Å². The van der Waals surface area contributed by atoms with E-state index in [0.29, 0.717) is 30.2 Å². The lowest BCUT2D eigenvalue weighted by atomic mass is 9.91. The number of carbonyl (C=O) groups excluding carboxylic acids is 3. The largest absolute Gasteiger partial charge is 0.454 e. The lowest BCUT2D eigenvalue weighted by molar-refractivity contribution is -0.139. The summed E-state index contributed by atoms with van der Waals surface area (Å²) in [6, 6.07) is 4.60. The zero-order valence-electron chi connectivity index (χ0n) is 16.0. The molecular weight excluding hydrogens is 362 g/mol. The summed E-state index contributed by atoms with van der Waals surface area (Å²) in [7, 11) is 0. The summed E-state index contributed by atoms with van der Waals surface area (Å²) in [5, 5.41) is 2.74. The Balaban J connectivity index is 1.49. The van der Waals surface area contributed by atoms with Gasteiger partial charge in [-0.2, -0.15) is 0 Å². The first-order chi connectivity index (χ1) is 13.5. The SMILES string of the molecule is C[C@]1(c2ccc3c(c2)OCO3)NC(=O)N(CC(=O)N2CCCCCCC2)C1=O. The van der Waals surface area contributed by atoms with Gasteiger partial charge in [-0.3, -0.25) is 14.5 Å². The summed E-state index contributed by atoms with van der Waals surface area (Å²) in [5.41, 5.74) is -0.648. The summed E-state index contributed by atoms with van der Waals surface area (Å²) in [5.74, 6) is 0.529. The van der Waals surface area contributed by atoms with Crippen LogP contribution in [-0.2, 0) is 15.1 Å². The fraction of sp³-hybridized carbons (Fsp3) is 0.550. The number of urea groups is 1. The molecule has 4 amide bonds. The molecule has 1 atom stereocenters. The Kier molecular flexibility index (Phi) is 4.87. The van der Waals surface area contributed by atoms with Gasteiger partial charge in [-0.15, -0.1) is 0 Å². The molecule has 0 radical (unpaired) electrons. The molecule has 28 heavy (non-hydrogen) atoms. The van der Waals surface area contributed by atoms with Gasteiger partial charge in [-0.1, -0.05) is 25.3 Å². The van der Waals surface area contributed by atoms with E-state index in [9.17, 15) is 14.4 Å². The molecule has 0 spiro atoms. The molecule has 3 heterocycles. The van der Waals surface area contributed by atoms with Crippen LogP contribution in [0.3, 0.4) is 0 Å². The van der Waals surface area contributed by atoms with Crippen LogP contribution in [-0.4, -0.2) is 54.1 Å². The van der Waals surface area contributed by atoms with E-state index in [-0.39, 0.29) is 19.2 Å². The molecule has 0 saturated carbocycles. The maximum absolute atomic E-state index is 13.1. The Labute approximate surface area is 163 Å². The number of hydrogen-bond donors (Lipinski definition) is 1. The van der Waals surface area contributed by atoms with Crippen molar-refractivity contribution < 1.29 is 23.9 Å². The molecule has 0 unspecified atom stereocenters. The third-order valence-electron chi connectivity index (χ3n) is 5.73. The number of nitrogens with zero attached hydrogens (tertiary/aromatic N) is 2. The lowest BCUT2D eigenvalue weighted by Gasteiger charge is -2.27. The second-order valence-corrected chi connectivity index (χ2v) is 7.66. The van der Waals surface area contributed by atoms with Crippen LogP contribution in [0.25, 0.3) is 0 Å². The van der Waals surface area contributed by atoms with Gasteiger partial charge in [0.2, 0.25) is 12.7 Å². The minimum atomic E-state index is -1.24. The topological polar surface area (TPSA) is 88.2 Å². The van der Waals surface area contributed by atoms with Crippen molar-refractivity contribution in [1.82, 2.24) is 15.1 Å². The Hall–Kier alpha value is -2.77. The highest BCUT2D eigenvalue weighted by Crippen LogP contribution is 2.37. The Morgan fingerprint density at radius 1 is 1.07 bits per heavy atom. The van der Waals surface area contributed by atoms with Crippen molar-refractivity contribution in [2.75, 3.05) is 26.4 Å². The summed E-state index contributed by atoms with van der Waals surface area (Å²) in [6.07, 6.45) is 5.33. The molecule has 3 aliphatic heterocycles. The Morgan fingerprint density at radius 3 is 2.50 bits per heavy atom. The van der Waals surface area contributed by atoms with Crippen LogP contribution in [0.5, 0.6) is 11.5 Å². The molecule has 3 aliphatic rings. The van der Waals surface area contributed by atoms with Gasteiger partial charge < -0.3 is 19.7 Å². The highest BCUT2D eigenvalue weighted by Gasteiger charge is 2.50. The molecule has 0 aliphatic carbocycles. The van der Waals surface area contributed by atoms with Crippen LogP contribution < -0.4 is 14.8 Å². The fourth-order valence-corrected chi connectivity index (χ4v) is 3.98. The molecule has 2 fully saturated rings. The van der Waals surface area contributed by atoms with E-state index >= 15 is 0 Å². The lowest BCUT2D eigenvalue weighted by Crippen LogP contribution is -2.45. The summed E-state index contributed by atoms with van der Waals surface area (Å²) in [4.78, 5) is 41.1. The second-order valence-electron chi connectivity index (χ2n) is 7.66. The van der Waals surface area contributed by atoms with Gasteiger partial charge in [0.1, 0.15) is 12.1 Å². The normalized spacial score (nSPS) is 24.8. The molecule has 2 saturated heterocycles. The monoisotopic (exact) mass is 387 g/mol. The molecule has 1 aromatic carbocycles. The Bertz CT molecular complexity index is 803. The van der Waals surface area contributed by atoms with E-state index in [1.807, 2.05) is 0 Å². The van der Waals surface area contributed by atoms with Gasteiger partial charge in [0.15, 0.2) is 11.5 Å². The number of likely N-dealkylation sites (tertiary alicyclic amines) is 1. The number of fused-ring (bicyclic) bond motifs is 1. The summed E-state index contributed by atoms with van der Waals surface area (Å²) in [6.45, 7) is 2.91. The molecule has 0 bridgehead atoms. The number of hydrogen-bond acceptors (Lipinski definition) is 5. The average molecular weight is 387 g/mol. The number of imide groups is 1. The van der Waals surface area contributed by atoms with E-state index in [4.69, 9.17) is 9.47 Å². The van der Waals surface area contributed by atoms with Gasteiger partial charge in [0, 0.05) is 13.1 Å². The zero-order valence-corrected chi connectivity index (χ0v) is 16.0. The second kappa shape index (κ2) is 7.33. The quantitative estimate of drug-likeness (QED) is 0.801. The number of nitrogens with one attached hydrogen (secondary N) is 1. The predicted octanol–water partition coefficient (Wildman–Crippen LogP) is 1.97. The van der Waals surface area contributed by atoms with Crippen molar-refractivity contribution in [2.45, 2.75) is 44.6 Å². The van der Waals surface area contributed by atoms with E-state index in [1.54, 1.807) is 30.0 Å². The van der Waals surface area contributed by atoms with Crippen LogP contribution in [0.4, 0.5) is 4.79 Å². The van der Waals surface area contributed by atoms with Crippen molar-refractivity contribution in [3.05, 3.63) is 23.8 Å². The first kappa shape index (κ1) is 18.6. The minimum absolute atomic E-state index is 0.131. The van der Waals surface area contributed by atoms with Gasteiger partial charge in [-0.05, 0) is 37.5 Å². The van der Waals surface area contributed by atoms with Crippen molar-refractivity contribution in [2.24, 2.45) is 0 Å². The van der Waals surface area contributed by atoms with Crippen LogP contribution in [0.1, 0.15) is 44.6 Å². The van der Waals surface area contributed by atoms with Crippen LogP contribution in [0, 0.1) is 0 Å². The maximum Gasteiger partial charge on any atom is 0.325 e. The first-order valence-electron chi connectivity index (χ1n) is 9.81.